The first-order valence-electron chi connectivity index (χ1n) is 7.30. The summed E-state index contributed by atoms with van der Waals surface area (Å²) in [5.74, 6) is -1.10. The van der Waals surface area contributed by atoms with Crippen molar-refractivity contribution in [2.75, 3.05) is 13.2 Å². The summed E-state index contributed by atoms with van der Waals surface area (Å²) in [7, 11) is 0. The number of esters is 2. The first-order chi connectivity index (χ1) is 10.6. The van der Waals surface area contributed by atoms with Crippen molar-refractivity contribution < 1.29 is 28.5 Å². The molecule has 1 aromatic carbocycles. The third-order valence-corrected chi connectivity index (χ3v) is 3.72. The van der Waals surface area contributed by atoms with Crippen LogP contribution in [0.25, 0.3) is 0 Å². The maximum absolute atomic E-state index is 12.2. The Labute approximate surface area is 128 Å². The molecule has 1 aromatic rings. The highest BCUT2D eigenvalue weighted by Gasteiger charge is 2.35. The Balaban J connectivity index is 1.70. The summed E-state index contributed by atoms with van der Waals surface area (Å²) < 4.78 is 20.8. The normalized spacial score (nSPS) is 25.0. The van der Waals surface area contributed by atoms with E-state index in [-0.39, 0.29) is 35.5 Å². The highest BCUT2D eigenvalue weighted by molar-refractivity contribution is 6.03. The molecule has 0 spiro atoms. The van der Waals surface area contributed by atoms with Crippen LogP contribution in [-0.2, 0) is 18.9 Å². The van der Waals surface area contributed by atoms with Crippen molar-refractivity contribution in [2.24, 2.45) is 0 Å². The number of ether oxygens (including phenoxy) is 4. The molecule has 3 rings (SSSR count). The molecule has 2 heterocycles. The van der Waals surface area contributed by atoms with Crippen molar-refractivity contribution in [2.45, 2.75) is 38.3 Å². The van der Waals surface area contributed by atoms with Gasteiger partial charge in [-0.05, 0) is 26.0 Å². The topological polar surface area (TPSA) is 77.7 Å². The van der Waals surface area contributed by atoms with Crippen LogP contribution in [-0.4, -0.2) is 49.6 Å². The van der Waals surface area contributed by atoms with Gasteiger partial charge in [-0.3, -0.25) is 0 Å². The number of carbonyl (C=O) groups excluding carboxylic acids is 2. The summed E-state index contributed by atoms with van der Waals surface area (Å²) in [5.41, 5.74) is 0.396. The highest BCUT2D eigenvalue weighted by atomic mass is 16.6. The van der Waals surface area contributed by atoms with E-state index >= 15 is 0 Å². The van der Waals surface area contributed by atoms with E-state index in [9.17, 15) is 9.59 Å². The van der Waals surface area contributed by atoms with Gasteiger partial charge in [0.2, 0.25) is 0 Å². The second-order valence-corrected chi connectivity index (χ2v) is 5.51. The molecule has 6 nitrogen and oxygen atoms in total. The molecule has 4 atom stereocenters. The van der Waals surface area contributed by atoms with Gasteiger partial charge < -0.3 is 18.9 Å². The second kappa shape index (κ2) is 6.06. The molecule has 0 bridgehead atoms. The third-order valence-electron chi connectivity index (χ3n) is 3.72. The average Bonchev–Trinajstić information content (AvgIpc) is 3.39. The van der Waals surface area contributed by atoms with Crippen LogP contribution in [0.2, 0.25) is 0 Å². The molecule has 0 aromatic heterocycles. The third kappa shape index (κ3) is 3.45. The van der Waals surface area contributed by atoms with Crippen molar-refractivity contribution in [3.63, 3.8) is 0 Å². The van der Waals surface area contributed by atoms with E-state index in [4.69, 9.17) is 18.9 Å². The lowest BCUT2D eigenvalue weighted by Gasteiger charge is -2.14. The summed E-state index contributed by atoms with van der Waals surface area (Å²) in [6, 6.07) is 6.47. The second-order valence-electron chi connectivity index (χ2n) is 5.51. The van der Waals surface area contributed by atoms with E-state index in [2.05, 4.69) is 0 Å². The van der Waals surface area contributed by atoms with E-state index in [1.54, 1.807) is 38.1 Å². The lowest BCUT2D eigenvalue weighted by molar-refractivity contribution is 0.0231. The Morgan fingerprint density at radius 2 is 1.32 bits per heavy atom. The average molecular weight is 306 g/mol. The van der Waals surface area contributed by atoms with Crippen molar-refractivity contribution in [3.8, 4) is 0 Å². The standard InChI is InChI=1S/C16H18O6/c1-9(13-7-19-13)21-15(17)11-5-3-4-6-12(11)16(18)22-10(2)14-8-20-14/h3-6,9-10,13-14H,7-8H2,1-2H3. The minimum absolute atomic E-state index is 0.0462. The number of rotatable bonds is 6. The fraction of sp³-hybridized carbons (Fsp3) is 0.500. The fourth-order valence-corrected chi connectivity index (χ4v) is 2.11. The number of benzene rings is 1. The van der Waals surface area contributed by atoms with Crippen LogP contribution in [0.5, 0.6) is 0 Å². The van der Waals surface area contributed by atoms with Crippen LogP contribution in [0.4, 0.5) is 0 Å². The Kier molecular flexibility index (Phi) is 4.13. The number of hydrogen-bond acceptors (Lipinski definition) is 6. The van der Waals surface area contributed by atoms with E-state index in [1.165, 1.54) is 0 Å². The van der Waals surface area contributed by atoms with Gasteiger partial charge in [0.1, 0.15) is 24.4 Å². The zero-order chi connectivity index (χ0) is 15.7. The minimum atomic E-state index is -0.550. The van der Waals surface area contributed by atoms with Gasteiger partial charge in [-0.1, -0.05) is 12.1 Å². The smallest absolute Gasteiger partial charge is 0.339 e. The van der Waals surface area contributed by atoms with Gasteiger partial charge in [0.25, 0.3) is 0 Å². The molecule has 0 saturated carbocycles. The Hall–Kier alpha value is -1.92. The largest absolute Gasteiger partial charge is 0.456 e. The van der Waals surface area contributed by atoms with Gasteiger partial charge in [-0.2, -0.15) is 0 Å². The monoisotopic (exact) mass is 306 g/mol. The Morgan fingerprint density at radius 1 is 0.955 bits per heavy atom. The summed E-state index contributed by atoms with van der Waals surface area (Å²) >= 11 is 0. The number of epoxide rings is 2. The van der Waals surface area contributed by atoms with Gasteiger partial charge in [0.05, 0.1) is 24.3 Å². The lowest BCUT2D eigenvalue weighted by atomic mass is 10.1. The van der Waals surface area contributed by atoms with Gasteiger partial charge in [0, 0.05) is 0 Å². The molecule has 2 fully saturated rings. The zero-order valence-electron chi connectivity index (χ0n) is 12.5. The van der Waals surface area contributed by atoms with Gasteiger partial charge >= 0.3 is 11.9 Å². The van der Waals surface area contributed by atoms with Crippen LogP contribution in [0, 0.1) is 0 Å². The van der Waals surface area contributed by atoms with Gasteiger partial charge in [0.15, 0.2) is 0 Å². The SMILES string of the molecule is CC(OC(=O)c1ccccc1C(=O)OC(C)C1CO1)C1CO1. The molecular formula is C16H18O6. The van der Waals surface area contributed by atoms with Gasteiger partial charge in [-0.15, -0.1) is 0 Å². The van der Waals surface area contributed by atoms with Crippen molar-refractivity contribution in [1.29, 1.82) is 0 Å². The summed E-state index contributed by atoms with van der Waals surface area (Å²) in [6.07, 6.45) is -0.768. The predicted octanol–water partition coefficient (Wildman–Crippen LogP) is 1.57. The van der Waals surface area contributed by atoms with Crippen molar-refractivity contribution in [3.05, 3.63) is 35.4 Å². The van der Waals surface area contributed by atoms with Crippen LogP contribution in [0.3, 0.4) is 0 Å². The molecule has 118 valence electrons. The highest BCUT2D eigenvalue weighted by Crippen LogP contribution is 2.21. The van der Waals surface area contributed by atoms with Crippen LogP contribution >= 0.6 is 0 Å². The molecular weight excluding hydrogens is 288 g/mol. The Bertz CT molecular complexity index is 525. The fourth-order valence-electron chi connectivity index (χ4n) is 2.11. The molecule has 2 saturated heterocycles. The quantitative estimate of drug-likeness (QED) is 0.586. The predicted molar refractivity (Wildman–Crippen MR) is 75.7 cm³/mol. The maximum Gasteiger partial charge on any atom is 0.339 e. The van der Waals surface area contributed by atoms with Crippen LogP contribution < -0.4 is 0 Å². The molecule has 2 aliphatic heterocycles. The molecule has 2 aliphatic rings. The summed E-state index contributed by atoms with van der Waals surface area (Å²) in [4.78, 5) is 24.5. The van der Waals surface area contributed by atoms with E-state index in [0.29, 0.717) is 13.2 Å². The minimum Gasteiger partial charge on any atom is -0.456 e. The molecule has 0 aliphatic carbocycles. The number of carbonyl (C=O) groups is 2. The summed E-state index contributed by atoms with van der Waals surface area (Å²) in [5, 5.41) is 0. The molecule has 4 unspecified atom stereocenters. The van der Waals surface area contributed by atoms with E-state index in [1.807, 2.05) is 0 Å². The van der Waals surface area contributed by atoms with E-state index < -0.39 is 11.9 Å². The molecule has 0 amide bonds. The van der Waals surface area contributed by atoms with Crippen molar-refractivity contribution >= 4 is 11.9 Å². The van der Waals surface area contributed by atoms with Crippen molar-refractivity contribution in [1.82, 2.24) is 0 Å². The molecule has 0 N–H and O–H groups in total. The Morgan fingerprint density at radius 3 is 1.64 bits per heavy atom. The molecule has 22 heavy (non-hydrogen) atoms. The molecule has 6 heteroatoms. The maximum atomic E-state index is 12.2. The summed E-state index contributed by atoms with van der Waals surface area (Å²) in [6.45, 7) is 4.72. The van der Waals surface area contributed by atoms with Gasteiger partial charge in [-0.25, -0.2) is 9.59 Å². The molecule has 0 radical (unpaired) electrons. The lowest BCUT2D eigenvalue weighted by Crippen LogP contribution is -2.24. The van der Waals surface area contributed by atoms with E-state index in [0.717, 1.165) is 0 Å². The van der Waals surface area contributed by atoms with Crippen LogP contribution in [0.15, 0.2) is 24.3 Å². The first-order valence-corrected chi connectivity index (χ1v) is 7.30. The zero-order valence-corrected chi connectivity index (χ0v) is 12.5. The van der Waals surface area contributed by atoms with Crippen LogP contribution in [0.1, 0.15) is 34.6 Å². The number of hydrogen-bond donors (Lipinski definition) is 0. The first kappa shape index (κ1) is 15.0.